The van der Waals surface area contributed by atoms with E-state index in [9.17, 15) is 0 Å². The molecule has 0 aromatic heterocycles. The molecule has 0 radical (unpaired) electrons. The van der Waals surface area contributed by atoms with Gasteiger partial charge in [0.1, 0.15) is 0 Å². The molecule has 2 heteroatoms. The third kappa shape index (κ3) is 4.06. The summed E-state index contributed by atoms with van der Waals surface area (Å²) in [6, 6.07) is 0. The van der Waals surface area contributed by atoms with Gasteiger partial charge in [0.15, 0.2) is 0 Å². The lowest BCUT2D eigenvalue weighted by atomic mass is 9.85. The van der Waals surface area contributed by atoms with E-state index in [-0.39, 0.29) is 5.54 Å². The van der Waals surface area contributed by atoms with Gasteiger partial charge in [0.05, 0.1) is 6.61 Å². The zero-order valence-electron chi connectivity index (χ0n) is 11.6. The standard InChI is InChI=1S/C14H29NO/c1-5-8-13(2,3)15-11-14(12-16-4)9-6-7-10-14/h15H,5-12H2,1-4H3. The van der Waals surface area contributed by atoms with Crippen molar-refractivity contribution < 1.29 is 4.74 Å². The van der Waals surface area contributed by atoms with Gasteiger partial charge in [-0.25, -0.2) is 0 Å². The maximum absolute atomic E-state index is 5.41. The Kier molecular flexibility index (Phi) is 5.26. The monoisotopic (exact) mass is 227 g/mol. The largest absolute Gasteiger partial charge is 0.384 e. The third-order valence-corrected chi connectivity index (χ3v) is 3.93. The van der Waals surface area contributed by atoms with Crippen molar-refractivity contribution in [2.24, 2.45) is 5.41 Å². The summed E-state index contributed by atoms with van der Waals surface area (Å²) < 4.78 is 5.41. The molecular weight excluding hydrogens is 198 g/mol. The van der Waals surface area contributed by atoms with Gasteiger partial charge in [-0.05, 0) is 33.1 Å². The molecule has 0 amide bonds. The molecule has 0 aromatic rings. The van der Waals surface area contributed by atoms with Crippen LogP contribution in [-0.2, 0) is 4.74 Å². The lowest BCUT2D eigenvalue weighted by Crippen LogP contribution is -2.46. The van der Waals surface area contributed by atoms with E-state index >= 15 is 0 Å². The smallest absolute Gasteiger partial charge is 0.0530 e. The number of rotatable bonds is 7. The average Bonchev–Trinajstić information content (AvgIpc) is 2.65. The molecule has 1 fully saturated rings. The van der Waals surface area contributed by atoms with Crippen molar-refractivity contribution in [3.05, 3.63) is 0 Å². The lowest BCUT2D eigenvalue weighted by molar-refractivity contribution is 0.0760. The zero-order chi connectivity index (χ0) is 12.1. The Morgan fingerprint density at radius 1 is 1.25 bits per heavy atom. The summed E-state index contributed by atoms with van der Waals surface area (Å²) in [4.78, 5) is 0. The first kappa shape index (κ1) is 14.0. The van der Waals surface area contributed by atoms with Crippen LogP contribution in [0.1, 0.15) is 59.3 Å². The predicted octanol–water partition coefficient (Wildman–Crippen LogP) is 3.36. The maximum Gasteiger partial charge on any atom is 0.0530 e. The van der Waals surface area contributed by atoms with Crippen molar-refractivity contribution >= 4 is 0 Å². The van der Waals surface area contributed by atoms with E-state index in [1.807, 2.05) is 7.11 Å². The van der Waals surface area contributed by atoms with Crippen molar-refractivity contribution in [3.8, 4) is 0 Å². The van der Waals surface area contributed by atoms with E-state index in [0.717, 1.165) is 13.2 Å². The fourth-order valence-corrected chi connectivity index (χ4v) is 2.94. The number of methoxy groups -OCH3 is 1. The zero-order valence-corrected chi connectivity index (χ0v) is 11.6. The van der Waals surface area contributed by atoms with Gasteiger partial charge >= 0.3 is 0 Å². The van der Waals surface area contributed by atoms with Crippen LogP contribution in [-0.4, -0.2) is 25.8 Å². The van der Waals surface area contributed by atoms with Crippen LogP contribution in [0.3, 0.4) is 0 Å². The summed E-state index contributed by atoms with van der Waals surface area (Å²) in [5.41, 5.74) is 0.692. The SMILES string of the molecule is CCCC(C)(C)NCC1(COC)CCCC1. The van der Waals surface area contributed by atoms with Gasteiger partial charge in [-0.3, -0.25) is 0 Å². The number of nitrogens with one attached hydrogen (secondary N) is 1. The Bertz CT molecular complexity index is 195. The van der Waals surface area contributed by atoms with Gasteiger partial charge in [-0.2, -0.15) is 0 Å². The minimum Gasteiger partial charge on any atom is -0.384 e. The van der Waals surface area contributed by atoms with Crippen LogP contribution in [0.5, 0.6) is 0 Å². The molecule has 96 valence electrons. The van der Waals surface area contributed by atoms with Gasteiger partial charge in [0, 0.05) is 24.6 Å². The Morgan fingerprint density at radius 2 is 1.88 bits per heavy atom. The normalized spacial score (nSPS) is 20.2. The van der Waals surface area contributed by atoms with Crippen LogP contribution in [0, 0.1) is 5.41 Å². The molecule has 0 atom stereocenters. The van der Waals surface area contributed by atoms with Gasteiger partial charge in [0.25, 0.3) is 0 Å². The van der Waals surface area contributed by atoms with Gasteiger partial charge in [-0.15, -0.1) is 0 Å². The van der Waals surface area contributed by atoms with Crippen LogP contribution in [0.4, 0.5) is 0 Å². The summed E-state index contributed by atoms with van der Waals surface area (Å²) in [6.45, 7) is 8.91. The topological polar surface area (TPSA) is 21.3 Å². The molecule has 1 aliphatic carbocycles. The molecule has 0 bridgehead atoms. The van der Waals surface area contributed by atoms with Crippen LogP contribution in [0.2, 0.25) is 0 Å². The fourth-order valence-electron chi connectivity index (χ4n) is 2.94. The van der Waals surface area contributed by atoms with Crippen molar-refractivity contribution in [1.82, 2.24) is 5.32 Å². The van der Waals surface area contributed by atoms with E-state index in [4.69, 9.17) is 4.74 Å². The fraction of sp³-hybridized carbons (Fsp3) is 1.00. The van der Waals surface area contributed by atoms with E-state index in [2.05, 4.69) is 26.1 Å². The van der Waals surface area contributed by atoms with Crippen LogP contribution >= 0.6 is 0 Å². The lowest BCUT2D eigenvalue weighted by Gasteiger charge is -2.34. The third-order valence-electron chi connectivity index (χ3n) is 3.93. The Morgan fingerprint density at radius 3 is 2.38 bits per heavy atom. The van der Waals surface area contributed by atoms with E-state index in [1.165, 1.54) is 38.5 Å². The highest BCUT2D eigenvalue weighted by molar-refractivity contribution is 4.89. The van der Waals surface area contributed by atoms with Crippen LogP contribution < -0.4 is 5.32 Å². The first-order valence-corrected chi connectivity index (χ1v) is 6.78. The Balaban J connectivity index is 2.43. The maximum atomic E-state index is 5.41. The highest BCUT2D eigenvalue weighted by atomic mass is 16.5. The van der Waals surface area contributed by atoms with Crippen molar-refractivity contribution in [1.29, 1.82) is 0 Å². The van der Waals surface area contributed by atoms with E-state index in [0.29, 0.717) is 5.41 Å². The average molecular weight is 227 g/mol. The summed E-state index contributed by atoms with van der Waals surface area (Å²) in [5, 5.41) is 3.75. The molecule has 0 heterocycles. The van der Waals surface area contributed by atoms with Crippen molar-refractivity contribution in [3.63, 3.8) is 0 Å². The second-order valence-corrected chi connectivity index (χ2v) is 6.13. The molecule has 0 aliphatic heterocycles. The first-order valence-electron chi connectivity index (χ1n) is 6.78. The number of hydrogen-bond acceptors (Lipinski definition) is 2. The molecule has 1 rings (SSSR count). The van der Waals surface area contributed by atoms with Crippen LogP contribution in [0.15, 0.2) is 0 Å². The highest BCUT2D eigenvalue weighted by Gasteiger charge is 2.34. The highest BCUT2D eigenvalue weighted by Crippen LogP contribution is 2.38. The molecule has 0 unspecified atom stereocenters. The van der Waals surface area contributed by atoms with Crippen LogP contribution in [0.25, 0.3) is 0 Å². The molecular formula is C14H29NO. The van der Waals surface area contributed by atoms with E-state index < -0.39 is 0 Å². The first-order chi connectivity index (χ1) is 7.54. The second-order valence-electron chi connectivity index (χ2n) is 6.13. The predicted molar refractivity (Wildman–Crippen MR) is 69.8 cm³/mol. The Hall–Kier alpha value is -0.0800. The minimum absolute atomic E-state index is 0.276. The molecule has 0 saturated heterocycles. The number of ether oxygens (including phenoxy) is 1. The second kappa shape index (κ2) is 6.02. The number of hydrogen-bond donors (Lipinski definition) is 1. The van der Waals surface area contributed by atoms with Gasteiger partial charge in [0.2, 0.25) is 0 Å². The molecule has 1 aliphatic rings. The Labute approximate surface area is 101 Å². The summed E-state index contributed by atoms with van der Waals surface area (Å²) in [5.74, 6) is 0. The molecule has 2 nitrogen and oxygen atoms in total. The molecule has 16 heavy (non-hydrogen) atoms. The van der Waals surface area contributed by atoms with E-state index in [1.54, 1.807) is 0 Å². The summed E-state index contributed by atoms with van der Waals surface area (Å²) in [7, 11) is 1.83. The molecule has 1 saturated carbocycles. The molecule has 0 aromatic carbocycles. The van der Waals surface area contributed by atoms with Crippen molar-refractivity contribution in [2.75, 3.05) is 20.3 Å². The summed E-state index contributed by atoms with van der Waals surface area (Å²) in [6.07, 6.45) is 7.90. The molecule has 1 N–H and O–H groups in total. The van der Waals surface area contributed by atoms with Gasteiger partial charge < -0.3 is 10.1 Å². The quantitative estimate of drug-likeness (QED) is 0.720. The molecule has 0 spiro atoms. The van der Waals surface area contributed by atoms with Gasteiger partial charge in [-0.1, -0.05) is 26.2 Å². The van der Waals surface area contributed by atoms with Crippen molar-refractivity contribution in [2.45, 2.75) is 64.8 Å². The summed E-state index contributed by atoms with van der Waals surface area (Å²) >= 11 is 0. The minimum atomic E-state index is 0.276.